The first-order valence-corrected chi connectivity index (χ1v) is 3.75. The molecule has 0 aromatic rings. The highest BCUT2D eigenvalue weighted by molar-refractivity contribution is 6.09. The van der Waals surface area contributed by atoms with E-state index in [-0.39, 0.29) is 11.7 Å². The minimum Gasteiger partial charge on any atom is -0.309 e. The van der Waals surface area contributed by atoms with Gasteiger partial charge in [-0.2, -0.15) is 0 Å². The lowest BCUT2D eigenvalue weighted by Gasteiger charge is -2.10. The van der Waals surface area contributed by atoms with E-state index in [2.05, 4.69) is 6.58 Å². The zero-order chi connectivity index (χ0) is 9.02. The van der Waals surface area contributed by atoms with Gasteiger partial charge in [-0.15, -0.1) is 0 Å². The van der Waals surface area contributed by atoms with E-state index in [0.717, 1.165) is 0 Å². The third-order valence-electron chi connectivity index (χ3n) is 1.67. The monoisotopic (exact) mass is 153 g/mol. The first kappa shape index (κ1) is 10.1. The molecule has 0 aromatic heterocycles. The second-order valence-corrected chi connectivity index (χ2v) is 2.79. The van der Waals surface area contributed by atoms with E-state index in [9.17, 15) is 4.79 Å². The Labute approximate surface area is 67.8 Å². The van der Waals surface area contributed by atoms with Gasteiger partial charge in [0.15, 0.2) is 5.78 Å². The van der Waals surface area contributed by atoms with Gasteiger partial charge in [0.2, 0.25) is 0 Å². The Kier molecular flexibility index (Phi) is 3.72. The maximum Gasteiger partial charge on any atom is 0.166 e. The molecule has 0 aliphatic carbocycles. The summed E-state index contributed by atoms with van der Waals surface area (Å²) in [7, 11) is 0. The molecule has 0 bridgehead atoms. The van der Waals surface area contributed by atoms with E-state index in [4.69, 9.17) is 5.41 Å². The Morgan fingerprint density at radius 1 is 1.55 bits per heavy atom. The Morgan fingerprint density at radius 2 is 2.00 bits per heavy atom. The van der Waals surface area contributed by atoms with Crippen molar-refractivity contribution in [2.75, 3.05) is 0 Å². The van der Waals surface area contributed by atoms with Crippen molar-refractivity contribution in [2.45, 2.75) is 27.2 Å². The fourth-order valence-electron chi connectivity index (χ4n) is 0.986. The lowest BCUT2D eigenvalue weighted by Crippen LogP contribution is -2.20. The molecule has 0 radical (unpaired) electrons. The lowest BCUT2D eigenvalue weighted by molar-refractivity contribution is -0.117. The van der Waals surface area contributed by atoms with Crippen molar-refractivity contribution in [1.29, 1.82) is 5.41 Å². The number of hydrogen-bond donors (Lipinski definition) is 1. The van der Waals surface area contributed by atoms with Crippen molar-refractivity contribution in [1.82, 2.24) is 0 Å². The first-order valence-electron chi connectivity index (χ1n) is 3.75. The molecule has 0 amide bonds. The number of nitrogens with one attached hydrogen (secondary N) is 1. The summed E-state index contributed by atoms with van der Waals surface area (Å²) in [5.74, 6) is -0.243. The van der Waals surface area contributed by atoms with Crippen molar-refractivity contribution < 1.29 is 4.79 Å². The molecule has 0 fully saturated rings. The maximum absolute atomic E-state index is 11.3. The highest BCUT2D eigenvalue weighted by Gasteiger charge is 2.18. The van der Waals surface area contributed by atoms with Crippen LogP contribution in [-0.4, -0.2) is 11.5 Å². The van der Waals surface area contributed by atoms with E-state index < -0.39 is 0 Å². The van der Waals surface area contributed by atoms with Crippen LogP contribution in [0.25, 0.3) is 0 Å². The second kappa shape index (κ2) is 4.06. The van der Waals surface area contributed by atoms with E-state index in [0.29, 0.717) is 17.7 Å². The molecule has 0 aromatic carbocycles. The predicted molar refractivity (Wildman–Crippen MR) is 47.0 cm³/mol. The minimum absolute atomic E-state index is 0.000000000000000444. The van der Waals surface area contributed by atoms with Crippen LogP contribution in [0.1, 0.15) is 27.2 Å². The first-order chi connectivity index (χ1) is 5.00. The Morgan fingerprint density at radius 3 is 2.09 bits per heavy atom. The number of hydrogen-bond acceptors (Lipinski definition) is 2. The lowest BCUT2D eigenvalue weighted by atomic mass is 9.93. The maximum atomic E-state index is 11.3. The van der Waals surface area contributed by atoms with Crippen LogP contribution in [0.4, 0.5) is 0 Å². The summed E-state index contributed by atoms with van der Waals surface area (Å²) in [5.41, 5.74) is 0.976. The van der Waals surface area contributed by atoms with Crippen molar-refractivity contribution in [3.05, 3.63) is 12.2 Å². The fourth-order valence-corrected chi connectivity index (χ4v) is 0.986. The summed E-state index contributed by atoms with van der Waals surface area (Å²) in [5, 5.41) is 7.31. The summed E-state index contributed by atoms with van der Waals surface area (Å²) in [4.78, 5) is 11.3. The molecule has 2 heteroatoms. The van der Waals surface area contributed by atoms with Gasteiger partial charge in [0, 0.05) is 5.71 Å². The minimum atomic E-state index is -0.243. The average Bonchev–Trinajstić information content (AvgIpc) is 1.88. The molecule has 2 nitrogen and oxygen atoms in total. The number of ketones is 1. The average molecular weight is 153 g/mol. The van der Waals surface area contributed by atoms with Gasteiger partial charge < -0.3 is 5.41 Å². The molecule has 62 valence electrons. The van der Waals surface area contributed by atoms with E-state index >= 15 is 0 Å². The van der Waals surface area contributed by atoms with Crippen LogP contribution in [0.2, 0.25) is 0 Å². The highest BCUT2D eigenvalue weighted by Crippen LogP contribution is 2.10. The quantitative estimate of drug-likeness (QED) is 0.488. The van der Waals surface area contributed by atoms with Crippen LogP contribution < -0.4 is 0 Å². The summed E-state index contributed by atoms with van der Waals surface area (Å²) in [6.07, 6.45) is 0.695. The van der Waals surface area contributed by atoms with Crippen molar-refractivity contribution in [2.24, 2.45) is 5.92 Å². The topological polar surface area (TPSA) is 40.9 Å². The molecule has 1 atom stereocenters. The number of carbonyl (C=O) groups excluding carboxylic acids is 1. The van der Waals surface area contributed by atoms with Gasteiger partial charge in [-0.3, -0.25) is 4.79 Å². The summed E-state index contributed by atoms with van der Waals surface area (Å²) in [6.45, 7) is 8.82. The number of rotatable bonds is 4. The van der Waals surface area contributed by atoms with Crippen LogP contribution in [-0.2, 0) is 4.79 Å². The van der Waals surface area contributed by atoms with Crippen molar-refractivity contribution >= 4 is 11.5 Å². The van der Waals surface area contributed by atoms with E-state index in [1.54, 1.807) is 13.8 Å². The predicted octanol–water partition coefficient (Wildman–Crippen LogP) is 2.20. The molecule has 11 heavy (non-hydrogen) atoms. The summed E-state index contributed by atoms with van der Waals surface area (Å²) in [6, 6.07) is 0. The largest absolute Gasteiger partial charge is 0.309 e. The molecule has 0 spiro atoms. The van der Waals surface area contributed by atoms with Crippen LogP contribution in [0.5, 0.6) is 0 Å². The van der Waals surface area contributed by atoms with Gasteiger partial charge in [-0.25, -0.2) is 0 Å². The van der Waals surface area contributed by atoms with Gasteiger partial charge in [-0.1, -0.05) is 13.5 Å². The molecule has 0 aliphatic heterocycles. The number of allylic oxidation sites excluding steroid dienone is 1. The van der Waals surface area contributed by atoms with Gasteiger partial charge in [0.05, 0.1) is 5.92 Å². The molecule has 0 saturated carbocycles. The molecule has 0 saturated heterocycles. The Bertz CT molecular complexity index is 194. The van der Waals surface area contributed by atoms with E-state index in [1.807, 2.05) is 6.92 Å². The SMILES string of the molecule is C=C(C)C(=O)C(CC)C(C)=N. The molecule has 1 N–H and O–H groups in total. The molecule has 0 aliphatic rings. The van der Waals surface area contributed by atoms with Crippen LogP contribution in [0.15, 0.2) is 12.2 Å². The van der Waals surface area contributed by atoms with Gasteiger partial charge in [0.1, 0.15) is 0 Å². The van der Waals surface area contributed by atoms with Gasteiger partial charge in [0.25, 0.3) is 0 Å². The third kappa shape index (κ3) is 2.66. The molecular weight excluding hydrogens is 138 g/mol. The third-order valence-corrected chi connectivity index (χ3v) is 1.67. The standard InChI is InChI=1S/C9H15NO/c1-5-8(7(4)10)9(11)6(2)3/h8,10H,2,5H2,1,3-4H3. The summed E-state index contributed by atoms with van der Waals surface area (Å²) < 4.78 is 0. The fraction of sp³-hybridized carbons (Fsp3) is 0.556. The number of carbonyl (C=O) groups is 1. The molecule has 1 unspecified atom stereocenters. The zero-order valence-corrected chi connectivity index (χ0v) is 7.40. The number of Topliss-reactive ketones (excluding diaryl/α,β-unsaturated/α-hetero) is 1. The van der Waals surface area contributed by atoms with Crippen molar-refractivity contribution in [3.63, 3.8) is 0 Å². The van der Waals surface area contributed by atoms with Crippen LogP contribution in [0, 0.1) is 11.3 Å². The smallest absolute Gasteiger partial charge is 0.166 e. The molecule has 0 rings (SSSR count). The highest BCUT2D eigenvalue weighted by atomic mass is 16.1. The van der Waals surface area contributed by atoms with Gasteiger partial charge >= 0.3 is 0 Å². The van der Waals surface area contributed by atoms with Gasteiger partial charge in [-0.05, 0) is 25.8 Å². The van der Waals surface area contributed by atoms with E-state index in [1.165, 1.54) is 0 Å². The molecule has 0 heterocycles. The van der Waals surface area contributed by atoms with Crippen LogP contribution in [0.3, 0.4) is 0 Å². The molecular formula is C9H15NO. The Balaban J connectivity index is 4.39. The Hall–Kier alpha value is -0.920. The summed E-state index contributed by atoms with van der Waals surface area (Å²) >= 11 is 0. The zero-order valence-electron chi connectivity index (χ0n) is 7.40. The van der Waals surface area contributed by atoms with Crippen LogP contribution >= 0.6 is 0 Å². The van der Waals surface area contributed by atoms with Crippen molar-refractivity contribution in [3.8, 4) is 0 Å². The second-order valence-electron chi connectivity index (χ2n) is 2.79. The normalized spacial score (nSPS) is 12.3.